The Kier molecular flexibility index (Phi) is 4.26. The lowest BCUT2D eigenvalue weighted by atomic mass is 10.1. The number of carbonyl (C=O) groups is 3. The number of carboxylic acids is 1. The number of furan rings is 1. The average Bonchev–Trinajstić information content (AvgIpc) is 3.19. The molecule has 2 N–H and O–H groups in total. The van der Waals surface area contributed by atoms with Crippen molar-refractivity contribution in [2.24, 2.45) is 5.92 Å². The molecule has 1 atom stereocenters. The molecule has 1 aliphatic rings. The van der Waals surface area contributed by atoms with Crippen molar-refractivity contribution in [1.29, 1.82) is 0 Å². The van der Waals surface area contributed by atoms with Crippen LogP contribution in [0.4, 0.5) is 11.4 Å². The number of anilines is 2. The Balaban J connectivity index is 1.83. The monoisotopic (exact) mass is 348 g/mol. The van der Waals surface area contributed by atoms with E-state index in [1.54, 1.807) is 12.1 Å². The van der Waals surface area contributed by atoms with Crippen LogP contribution in [0.15, 0.2) is 41.0 Å². The maximum atomic E-state index is 12.0. The molecule has 0 aliphatic carbocycles. The highest BCUT2D eigenvalue weighted by Crippen LogP contribution is 2.31. The van der Waals surface area contributed by atoms with Crippen molar-refractivity contribution in [2.75, 3.05) is 16.8 Å². The van der Waals surface area contributed by atoms with Gasteiger partial charge in [-0.05, 0) is 30.3 Å². The van der Waals surface area contributed by atoms with Gasteiger partial charge in [0.1, 0.15) is 0 Å². The minimum absolute atomic E-state index is 0.0496. The van der Waals surface area contributed by atoms with Crippen LogP contribution in [-0.2, 0) is 9.59 Å². The van der Waals surface area contributed by atoms with Crippen molar-refractivity contribution < 1.29 is 23.9 Å². The molecule has 0 spiro atoms. The SMILES string of the molecule is O=C(Nc1cc(N2CC(C(=O)O)CC2=O)ccc1Cl)c1ccco1. The van der Waals surface area contributed by atoms with Gasteiger partial charge in [0.15, 0.2) is 5.76 Å². The fourth-order valence-corrected chi connectivity index (χ4v) is 2.66. The second-order valence-corrected chi connectivity index (χ2v) is 5.75. The van der Waals surface area contributed by atoms with Crippen LogP contribution in [0.1, 0.15) is 17.0 Å². The molecule has 0 saturated carbocycles. The first-order chi connectivity index (χ1) is 11.5. The van der Waals surface area contributed by atoms with Gasteiger partial charge in [-0.2, -0.15) is 0 Å². The Morgan fingerprint density at radius 3 is 2.75 bits per heavy atom. The number of amides is 2. The minimum Gasteiger partial charge on any atom is -0.481 e. The van der Waals surface area contributed by atoms with Crippen LogP contribution in [0.3, 0.4) is 0 Å². The Labute approximate surface area is 141 Å². The van der Waals surface area contributed by atoms with Gasteiger partial charge in [0.25, 0.3) is 5.91 Å². The largest absolute Gasteiger partial charge is 0.481 e. The molecule has 1 aromatic carbocycles. The van der Waals surface area contributed by atoms with E-state index in [0.717, 1.165) is 0 Å². The minimum atomic E-state index is -1.01. The fourth-order valence-electron chi connectivity index (χ4n) is 2.49. The first-order valence-corrected chi connectivity index (χ1v) is 7.51. The van der Waals surface area contributed by atoms with E-state index in [1.807, 2.05) is 0 Å². The third-order valence-electron chi connectivity index (χ3n) is 3.73. The topological polar surface area (TPSA) is 99.9 Å². The lowest BCUT2D eigenvalue weighted by Crippen LogP contribution is -2.26. The molecule has 1 aromatic heterocycles. The van der Waals surface area contributed by atoms with E-state index in [0.29, 0.717) is 16.4 Å². The number of hydrogen-bond acceptors (Lipinski definition) is 4. The first-order valence-electron chi connectivity index (χ1n) is 7.13. The predicted octanol–water partition coefficient (Wildman–Crippen LogP) is 2.62. The molecule has 24 heavy (non-hydrogen) atoms. The lowest BCUT2D eigenvalue weighted by Gasteiger charge is -2.18. The molecule has 0 radical (unpaired) electrons. The van der Waals surface area contributed by atoms with Gasteiger partial charge >= 0.3 is 5.97 Å². The van der Waals surface area contributed by atoms with Crippen LogP contribution in [0.2, 0.25) is 5.02 Å². The summed E-state index contributed by atoms with van der Waals surface area (Å²) in [5, 5.41) is 11.9. The summed E-state index contributed by atoms with van der Waals surface area (Å²) in [6.07, 6.45) is 1.33. The van der Waals surface area contributed by atoms with Crippen molar-refractivity contribution in [3.63, 3.8) is 0 Å². The van der Waals surface area contributed by atoms with Crippen LogP contribution in [0, 0.1) is 5.92 Å². The maximum absolute atomic E-state index is 12.0. The fraction of sp³-hybridized carbons (Fsp3) is 0.188. The standard InChI is InChI=1S/C16H13ClN2O5/c17-11-4-3-10(19-8-9(16(22)23)6-14(19)20)7-12(11)18-15(21)13-2-1-5-24-13/h1-5,7,9H,6,8H2,(H,18,21)(H,22,23). The third-order valence-corrected chi connectivity index (χ3v) is 4.06. The van der Waals surface area contributed by atoms with Gasteiger partial charge in [-0.3, -0.25) is 14.4 Å². The zero-order valence-corrected chi connectivity index (χ0v) is 13.1. The van der Waals surface area contributed by atoms with Gasteiger partial charge in [-0.1, -0.05) is 11.6 Å². The molecule has 0 bridgehead atoms. The van der Waals surface area contributed by atoms with Crippen molar-refractivity contribution >= 4 is 40.8 Å². The van der Waals surface area contributed by atoms with Crippen molar-refractivity contribution in [3.8, 4) is 0 Å². The van der Waals surface area contributed by atoms with Crippen molar-refractivity contribution in [2.45, 2.75) is 6.42 Å². The van der Waals surface area contributed by atoms with Crippen LogP contribution in [-0.4, -0.2) is 29.4 Å². The maximum Gasteiger partial charge on any atom is 0.308 e. The first kappa shape index (κ1) is 16.1. The number of nitrogens with one attached hydrogen (secondary N) is 1. The molecule has 3 rings (SSSR count). The second kappa shape index (κ2) is 6.37. The highest BCUT2D eigenvalue weighted by Gasteiger charge is 2.35. The Hall–Kier alpha value is -2.80. The predicted molar refractivity (Wildman–Crippen MR) is 86.2 cm³/mol. The molecule has 2 amide bonds. The summed E-state index contributed by atoms with van der Waals surface area (Å²) in [6.45, 7) is 0.0847. The Morgan fingerprint density at radius 1 is 1.33 bits per heavy atom. The van der Waals surface area contributed by atoms with Crippen LogP contribution in [0.25, 0.3) is 0 Å². The van der Waals surface area contributed by atoms with Crippen LogP contribution >= 0.6 is 11.6 Å². The summed E-state index contributed by atoms with van der Waals surface area (Å²) < 4.78 is 5.01. The summed E-state index contributed by atoms with van der Waals surface area (Å²) in [5.41, 5.74) is 0.782. The Bertz CT molecular complexity index is 803. The van der Waals surface area contributed by atoms with Crippen LogP contribution in [0.5, 0.6) is 0 Å². The smallest absolute Gasteiger partial charge is 0.308 e. The number of carboxylic acid groups (broad SMARTS) is 1. The highest BCUT2D eigenvalue weighted by atomic mass is 35.5. The van der Waals surface area contributed by atoms with E-state index >= 15 is 0 Å². The molecular weight excluding hydrogens is 336 g/mol. The number of hydrogen-bond donors (Lipinski definition) is 2. The number of benzene rings is 1. The van der Waals surface area contributed by atoms with Crippen molar-refractivity contribution in [3.05, 3.63) is 47.4 Å². The van der Waals surface area contributed by atoms with Gasteiger partial charge in [-0.25, -0.2) is 0 Å². The van der Waals surface area contributed by atoms with Gasteiger partial charge in [0.05, 0.1) is 22.9 Å². The molecule has 2 aromatic rings. The molecular formula is C16H13ClN2O5. The van der Waals surface area contributed by atoms with E-state index in [2.05, 4.69) is 5.32 Å². The summed E-state index contributed by atoms with van der Waals surface area (Å²) >= 11 is 6.08. The van der Waals surface area contributed by atoms with Gasteiger partial charge in [0.2, 0.25) is 5.91 Å². The number of carbonyl (C=O) groups excluding carboxylic acids is 2. The zero-order valence-electron chi connectivity index (χ0n) is 12.4. The van der Waals surface area contributed by atoms with Gasteiger partial charge in [-0.15, -0.1) is 0 Å². The average molecular weight is 349 g/mol. The molecule has 2 heterocycles. The van der Waals surface area contributed by atoms with E-state index in [-0.39, 0.29) is 24.6 Å². The van der Waals surface area contributed by atoms with Gasteiger partial charge < -0.3 is 19.7 Å². The molecule has 1 aliphatic heterocycles. The molecule has 1 saturated heterocycles. The van der Waals surface area contributed by atoms with E-state index in [4.69, 9.17) is 21.1 Å². The summed E-state index contributed by atoms with van der Waals surface area (Å²) in [6, 6.07) is 7.77. The molecule has 7 nitrogen and oxygen atoms in total. The number of rotatable bonds is 4. The lowest BCUT2D eigenvalue weighted by molar-refractivity contribution is -0.141. The normalized spacial score (nSPS) is 17.1. The number of halogens is 1. The van der Waals surface area contributed by atoms with E-state index in [1.165, 1.54) is 29.4 Å². The summed E-state index contributed by atoms with van der Waals surface area (Å²) in [4.78, 5) is 36.5. The molecule has 1 fully saturated rings. The van der Waals surface area contributed by atoms with Gasteiger partial charge in [0, 0.05) is 18.7 Å². The molecule has 1 unspecified atom stereocenters. The van der Waals surface area contributed by atoms with Crippen LogP contribution < -0.4 is 10.2 Å². The number of nitrogens with zero attached hydrogens (tertiary/aromatic N) is 1. The van der Waals surface area contributed by atoms with E-state index in [9.17, 15) is 14.4 Å². The quantitative estimate of drug-likeness (QED) is 0.884. The highest BCUT2D eigenvalue weighted by molar-refractivity contribution is 6.34. The van der Waals surface area contributed by atoms with E-state index < -0.39 is 17.8 Å². The Morgan fingerprint density at radius 2 is 2.12 bits per heavy atom. The number of aliphatic carboxylic acids is 1. The molecule has 124 valence electrons. The summed E-state index contributed by atoms with van der Waals surface area (Å²) in [7, 11) is 0. The molecule has 8 heteroatoms. The van der Waals surface area contributed by atoms with Crippen molar-refractivity contribution in [1.82, 2.24) is 0 Å². The second-order valence-electron chi connectivity index (χ2n) is 5.34. The summed E-state index contributed by atoms with van der Waals surface area (Å²) in [5.74, 6) is -2.39. The zero-order chi connectivity index (χ0) is 17.3. The third kappa shape index (κ3) is 3.11.